The zero-order chi connectivity index (χ0) is 14.4. The van der Waals surface area contributed by atoms with E-state index in [2.05, 4.69) is 10.3 Å². The predicted octanol–water partition coefficient (Wildman–Crippen LogP) is 0.949. The minimum atomic E-state index is -0.784. The predicted molar refractivity (Wildman–Crippen MR) is 69.6 cm³/mol. The summed E-state index contributed by atoms with van der Waals surface area (Å²) >= 11 is 5.82. The molecule has 0 saturated heterocycles. The summed E-state index contributed by atoms with van der Waals surface area (Å²) in [6.07, 6.45) is -0.784. The minimum Gasteiger partial charge on any atom is -0.481 e. The van der Waals surface area contributed by atoms with E-state index >= 15 is 0 Å². The summed E-state index contributed by atoms with van der Waals surface area (Å²) < 4.78 is 5.45. The number of amides is 2. The van der Waals surface area contributed by atoms with E-state index in [1.54, 1.807) is 25.1 Å². The zero-order valence-corrected chi connectivity index (χ0v) is 11.4. The monoisotopic (exact) mass is 286 g/mol. The summed E-state index contributed by atoms with van der Waals surface area (Å²) in [5, 5.41) is 0.590. The number of halogens is 1. The Labute approximate surface area is 115 Å². The van der Waals surface area contributed by atoms with Crippen LogP contribution in [0.3, 0.4) is 0 Å². The molecule has 1 atom stereocenters. The Morgan fingerprint density at radius 1 is 1.47 bits per heavy atom. The van der Waals surface area contributed by atoms with Crippen LogP contribution in [0.1, 0.15) is 12.5 Å². The molecule has 1 unspecified atom stereocenters. The molecule has 104 valence electrons. The van der Waals surface area contributed by atoms with Crippen LogP contribution in [0, 0.1) is 6.92 Å². The number of nitrogens with one attached hydrogen (secondary N) is 1. The third-order valence-corrected chi connectivity index (χ3v) is 2.43. The SMILES string of the molecule is Cc1cc(Cl)ccc1OC(C)C(=O)NOCC(N)=O. The van der Waals surface area contributed by atoms with Crippen LogP contribution < -0.4 is 16.0 Å². The highest BCUT2D eigenvalue weighted by Crippen LogP contribution is 2.22. The number of hydrogen-bond acceptors (Lipinski definition) is 4. The lowest BCUT2D eigenvalue weighted by molar-refractivity contribution is -0.143. The van der Waals surface area contributed by atoms with Gasteiger partial charge in [0.15, 0.2) is 12.7 Å². The van der Waals surface area contributed by atoms with Crippen molar-refractivity contribution in [3.8, 4) is 5.75 Å². The van der Waals surface area contributed by atoms with Gasteiger partial charge in [0.2, 0.25) is 5.91 Å². The Kier molecular flexibility index (Phi) is 5.59. The van der Waals surface area contributed by atoms with Crippen LogP contribution in [0.5, 0.6) is 5.75 Å². The topological polar surface area (TPSA) is 90.7 Å². The van der Waals surface area contributed by atoms with Gasteiger partial charge in [0.25, 0.3) is 5.91 Å². The van der Waals surface area contributed by atoms with Gasteiger partial charge in [-0.15, -0.1) is 0 Å². The molecule has 0 heterocycles. The third-order valence-electron chi connectivity index (χ3n) is 2.20. The number of aryl methyl sites for hydroxylation is 1. The molecular weight excluding hydrogens is 272 g/mol. The van der Waals surface area contributed by atoms with Gasteiger partial charge >= 0.3 is 0 Å². The van der Waals surface area contributed by atoms with Gasteiger partial charge in [-0.25, -0.2) is 5.48 Å². The van der Waals surface area contributed by atoms with Crippen LogP contribution in [0.4, 0.5) is 0 Å². The molecule has 0 bridgehead atoms. The molecule has 0 aliphatic carbocycles. The lowest BCUT2D eigenvalue weighted by Gasteiger charge is -2.15. The lowest BCUT2D eigenvalue weighted by Crippen LogP contribution is -2.38. The third kappa shape index (κ3) is 5.15. The second-order valence-corrected chi connectivity index (χ2v) is 4.33. The fraction of sp³-hybridized carbons (Fsp3) is 0.333. The maximum atomic E-state index is 11.6. The van der Waals surface area contributed by atoms with Crippen LogP contribution in [-0.4, -0.2) is 24.5 Å². The number of ether oxygens (including phenoxy) is 1. The van der Waals surface area contributed by atoms with E-state index in [9.17, 15) is 9.59 Å². The maximum absolute atomic E-state index is 11.6. The Morgan fingerprint density at radius 3 is 2.74 bits per heavy atom. The largest absolute Gasteiger partial charge is 0.481 e. The lowest BCUT2D eigenvalue weighted by atomic mass is 10.2. The summed E-state index contributed by atoms with van der Waals surface area (Å²) in [5.41, 5.74) is 7.74. The quantitative estimate of drug-likeness (QED) is 0.762. The molecule has 0 aromatic heterocycles. The molecule has 3 N–H and O–H groups in total. The number of nitrogens with two attached hydrogens (primary N) is 1. The van der Waals surface area contributed by atoms with Crippen molar-refractivity contribution in [1.82, 2.24) is 5.48 Å². The van der Waals surface area contributed by atoms with Crippen LogP contribution in [0.25, 0.3) is 0 Å². The number of hydroxylamine groups is 1. The first-order valence-corrected chi connectivity index (χ1v) is 5.90. The molecule has 1 aromatic carbocycles. The second-order valence-electron chi connectivity index (χ2n) is 3.89. The van der Waals surface area contributed by atoms with Gasteiger partial charge in [0.1, 0.15) is 5.75 Å². The van der Waals surface area contributed by atoms with Gasteiger partial charge < -0.3 is 10.5 Å². The van der Waals surface area contributed by atoms with Crippen LogP contribution in [0.15, 0.2) is 18.2 Å². The van der Waals surface area contributed by atoms with Crippen LogP contribution in [-0.2, 0) is 14.4 Å². The second kappa shape index (κ2) is 6.96. The Morgan fingerprint density at radius 2 is 2.16 bits per heavy atom. The molecule has 2 amide bonds. The molecule has 0 aliphatic heterocycles. The Bertz CT molecular complexity index is 479. The number of rotatable bonds is 6. The first kappa shape index (κ1) is 15.3. The Balaban J connectivity index is 2.51. The minimum absolute atomic E-state index is 0.390. The average Bonchev–Trinajstić information content (AvgIpc) is 2.32. The van der Waals surface area contributed by atoms with Gasteiger partial charge in [-0.3, -0.25) is 14.4 Å². The van der Waals surface area contributed by atoms with E-state index in [1.807, 2.05) is 6.92 Å². The van der Waals surface area contributed by atoms with Crippen molar-refractivity contribution in [3.05, 3.63) is 28.8 Å². The van der Waals surface area contributed by atoms with Crippen LogP contribution in [0.2, 0.25) is 5.02 Å². The molecule has 0 aliphatic rings. The van der Waals surface area contributed by atoms with E-state index in [0.29, 0.717) is 10.8 Å². The highest BCUT2D eigenvalue weighted by Gasteiger charge is 2.16. The van der Waals surface area contributed by atoms with Crippen LogP contribution >= 0.6 is 11.6 Å². The van der Waals surface area contributed by atoms with Gasteiger partial charge in [-0.05, 0) is 37.6 Å². The summed E-state index contributed by atoms with van der Waals surface area (Å²) in [4.78, 5) is 26.6. The molecule has 7 heteroatoms. The molecule has 0 fully saturated rings. The van der Waals surface area contributed by atoms with Crippen molar-refractivity contribution in [1.29, 1.82) is 0 Å². The van der Waals surface area contributed by atoms with Crippen molar-refractivity contribution < 1.29 is 19.2 Å². The van der Waals surface area contributed by atoms with E-state index in [0.717, 1.165) is 5.56 Å². The van der Waals surface area contributed by atoms with Gasteiger partial charge in [0.05, 0.1) is 0 Å². The molecule has 0 spiro atoms. The number of primary amides is 1. The number of carbonyl (C=O) groups is 2. The fourth-order valence-electron chi connectivity index (χ4n) is 1.25. The Hall–Kier alpha value is -1.79. The summed E-state index contributed by atoms with van der Waals surface area (Å²) in [7, 11) is 0. The normalized spacial score (nSPS) is 11.7. The van der Waals surface area contributed by atoms with E-state index in [4.69, 9.17) is 22.1 Å². The highest BCUT2D eigenvalue weighted by atomic mass is 35.5. The molecular formula is C12H15ClN2O4. The van der Waals surface area contributed by atoms with Crippen molar-refractivity contribution in [2.75, 3.05) is 6.61 Å². The smallest absolute Gasteiger partial charge is 0.284 e. The highest BCUT2D eigenvalue weighted by molar-refractivity contribution is 6.30. The molecule has 19 heavy (non-hydrogen) atoms. The van der Waals surface area contributed by atoms with Gasteiger partial charge in [0, 0.05) is 5.02 Å². The molecule has 0 radical (unpaired) electrons. The van der Waals surface area contributed by atoms with E-state index in [-0.39, 0.29) is 0 Å². The molecule has 1 rings (SSSR count). The average molecular weight is 287 g/mol. The zero-order valence-electron chi connectivity index (χ0n) is 10.6. The number of benzene rings is 1. The maximum Gasteiger partial charge on any atom is 0.284 e. The molecule has 6 nitrogen and oxygen atoms in total. The van der Waals surface area contributed by atoms with Crippen molar-refractivity contribution >= 4 is 23.4 Å². The number of carbonyl (C=O) groups excluding carboxylic acids is 2. The summed E-state index contributed by atoms with van der Waals surface area (Å²) in [5.74, 6) is -0.653. The van der Waals surface area contributed by atoms with E-state index < -0.39 is 24.5 Å². The molecule has 0 saturated carbocycles. The van der Waals surface area contributed by atoms with Crippen molar-refractivity contribution in [2.45, 2.75) is 20.0 Å². The van der Waals surface area contributed by atoms with Crippen molar-refractivity contribution in [2.24, 2.45) is 5.73 Å². The van der Waals surface area contributed by atoms with Crippen molar-refractivity contribution in [3.63, 3.8) is 0 Å². The first-order chi connectivity index (χ1) is 8.90. The van der Waals surface area contributed by atoms with E-state index in [1.165, 1.54) is 0 Å². The fourth-order valence-corrected chi connectivity index (χ4v) is 1.48. The summed E-state index contributed by atoms with van der Waals surface area (Å²) in [6, 6.07) is 5.06. The summed E-state index contributed by atoms with van der Waals surface area (Å²) in [6.45, 7) is 2.98. The number of hydrogen-bond donors (Lipinski definition) is 2. The molecule has 1 aromatic rings. The van der Waals surface area contributed by atoms with Gasteiger partial charge in [-0.1, -0.05) is 11.6 Å². The standard InChI is InChI=1S/C12H15ClN2O4/c1-7-5-9(13)3-4-10(7)19-8(2)12(17)15-18-6-11(14)16/h3-5,8H,6H2,1-2H3,(H2,14,16)(H,15,17). The first-order valence-electron chi connectivity index (χ1n) is 5.53. The van der Waals surface area contributed by atoms with Gasteiger partial charge in [-0.2, -0.15) is 0 Å².